The molecule has 1 aliphatic rings. The van der Waals surface area contributed by atoms with Crippen LogP contribution in [-0.2, 0) is 11.0 Å². The molecule has 5 rings (SSSR count). The van der Waals surface area contributed by atoms with E-state index in [-0.39, 0.29) is 29.2 Å². The largest absolute Gasteiger partial charge is 0.416 e. The third-order valence-corrected chi connectivity index (χ3v) is 7.37. The highest BCUT2D eigenvalue weighted by Crippen LogP contribution is 2.44. The van der Waals surface area contributed by atoms with E-state index in [1.165, 1.54) is 34.7 Å². The minimum atomic E-state index is -4.71. The lowest BCUT2D eigenvalue weighted by atomic mass is 9.80. The van der Waals surface area contributed by atoms with Gasteiger partial charge >= 0.3 is 6.18 Å². The predicted octanol–water partition coefficient (Wildman–Crippen LogP) is 4.97. The van der Waals surface area contributed by atoms with Crippen LogP contribution in [0.5, 0.6) is 0 Å². The molecule has 2 heterocycles. The van der Waals surface area contributed by atoms with Gasteiger partial charge in [0.25, 0.3) is 17.7 Å². The Kier molecular flexibility index (Phi) is 8.41. The molecule has 1 aromatic heterocycles. The summed E-state index contributed by atoms with van der Waals surface area (Å²) in [6, 6.07) is 17.0. The van der Waals surface area contributed by atoms with Crippen molar-refractivity contribution in [3.63, 3.8) is 0 Å². The van der Waals surface area contributed by atoms with Crippen molar-refractivity contribution in [3.05, 3.63) is 113 Å². The molecule has 3 aromatic carbocycles. The molecule has 3 amide bonds. The molecular weight excluding hydrogens is 592 g/mol. The third-order valence-electron chi connectivity index (χ3n) is 7.37. The van der Waals surface area contributed by atoms with Crippen LogP contribution in [0.15, 0.2) is 78.9 Å². The Balaban J connectivity index is 1.73. The average Bonchev–Trinajstić information content (AvgIpc) is 3.42. The van der Waals surface area contributed by atoms with E-state index in [4.69, 9.17) is 0 Å². The number of hydrogen-bond donors (Lipinski definition) is 2. The average molecular weight is 619 g/mol. The van der Waals surface area contributed by atoms with Gasteiger partial charge in [-0.05, 0) is 61.9 Å². The molecule has 45 heavy (non-hydrogen) atoms. The van der Waals surface area contributed by atoms with Gasteiger partial charge in [-0.25, -0.2) is 9.07 Å². The second-order valence-corrected chi connectivity index (χ2v) is 10.3. The minimum absolute atomic E-state index is 0.0616. The van der Waals surface area contributed by atoms with E-state index in [2.05, 4.69) is 15.7 Å². The zero-order valence-corrected chi connectivity index (χ0v) is 24.0. The number of carbonyl (C=O) groups is 3. The van der Waals surface area contributed by atoms with E-state index in [1.807, 2.05) is 6.07 Å². The zero-order chi connectivity index (χ0) is 32.5. The number of hydrogen-bond acceptors (Lipinski definition) is 5. The summed E-state index contributed by atoms with van der Waals surface area (Å²) in [5.41, 5.74) is -0.529. The van der Waals surface area contributed by atoms with Gasteiger partial charge in [-0.1, -0.05) is 36.4 Å². The van der Waals surface area contributed by atoms with Crippen molar-refractivity contribution in [1.29, 1.82) is 5.26 Å². The fraction of sp³-hybridized carbons (Fsp3) is 0.219. The molecular formula is C32H26F4N6O3. The minimum Gasteiger partial charge on any atom is -0.339 e. The van der Waals surface area contributed by atoms with E-state index in [0.717, 1.165) is 24.3 Å². The second kappa shape index (κ2) is 12.2. The summed E-state index contributed by atoms with van der Waals surface area (Å²) in [4.78, 5) is 42.6. The first kappa shape index (κ1) is 30.9. The molecule has 0 bridgehead atoms. The third kappa shape index (κ3) is 5.99. The van der Waals surface area contributed by atoms with Crippen LogP contribution >= 0.6 is 0 Å². The van der Waals surface area contributed by atoms with E-state index in [9.17, 15) is 37.2 Å². The summed E-state index contributed by atoms with van der Waals surface area (Å²) in [5.74, 6) is -3.85. The second-order valence-electron chi connectivity index (χ2n) is 10.3. The molecule has 0 unspecified atom stereocenters. The number of likely N-dealkylation sites (N-methyl/N-ethyl adjacent to an activating group) is 1. The quantitative estimate of drug-likeness (QED) is 0.284. The van der Waals surface area contributed by atoms with Crippen LogP contribution in [-0.4, -0.2) is 46.1 Å². The Labute approximate surface area is 255 Å². The van der Waals surface area contributed by atoms with Crippen molar-refractivity contribution >= 4 is 23.5 Å². The van der Waals surface area contributed by atoms with Gasteiger partial charge < -0.3 is 10.6 Å². The molecule has 0 radical (unpaired) electrons. The summed E-state index contributed by atoms with van der Waals surface area (Å²) in [5, 5.41) is 19.1. The Bertz CT molecular complexity index is 1800. The van der Waals surface area contributed by atoms with Gasteiger partial charge in [-0.2, -0.15) is 23.5 Å². The topological polar surface area (TPSA) is 120 Å². The van der Waals surface area contributed by atoms with Gasteiger partial charge in [0, 0.05) is 23.6 Å². The number of nitriles is 1. The van der Waals surface area contributed by atoms with Crippen LogP contribution in [0.4, 0.5) is 23.4 Å². The number of alkyl halides is 3. The van der Waals surface area contributed by atoms with Gasteiger partial charge in [-0.15, -0.1) is 0 Å². The van der Waals surface area contributed by atoms with Gasteiger partial charge in [0.05, 0.1) is 17.3 Å². The number of rotatable bonds is 7. The number of halogens is 4. The molecule has 9 nitrogen and oxygen atoms in total. The van der Waals surface area contributed by atoms with Gasteiger partial charge in [0.1, 0.15) is 23.7 Å². The number of fused-ring (bicyclic) bond motifs is 1. The molecule has 13 heteroatoms. The highest BCUT2D eigenvalue weighted by atomic mass is 19.4. The SMILES string of the molecule is CCN1C(=O)[C@H](NC(=O)c2cccc(C(F)(F)F)c2)[C@H](c2ccc(F)cc2)c2c(C(=O)N[C@@H](C)C#N)nn(-c3ccccc3)c21. The number of carbonyl (C=O) groups excluding carboxylic acids is 3. The maximum atomic E-state index is 14.2. The van der Waals surface area contributed by atoms with Crippen LogP contribution in [0, 0.1) is 17.1 Å². The number of para-hydroxylation sites is 1. The number of amides is 3. The maximum absolute atomic E-state index is 14.2. The summed E-state index contributed by atoms with van der Waals surface area (Å²) in [6.07, 6.45) is -4.71. The summed E-state index contributed by atoms with van der Waals surface area (Å²) >= 11 is 0. The number of nitrogens with one attached hydrogen (secondary N) is 2. The van der Waals surface area contributed by atoms with Crippen molar-refractivity contribution in [1.82, 2.24) is 20.4 Å². The summed E-state index contributed by atoms with van der Waals surface area (Å²) < 4.78 is 55.7. The molecule has 3 atom stereocenters. The van der Waals surface area contributed by atoms with Crippen LogP contribution in [0.25, 0.3) is 5.69 Å². The van der Waals surface area contributed by atoms with Crippen LogP contribution < -0.4 is 15.5 Å². The fourth-order valence-electron chi connectivity index (χ4n) is 5.30. The van der Waals surface area contributed by atoms with E-state index >= 15 is 0 Å². The van der Waals surface area contributed by atoms with Crippen molar-refractivity contribution in [2.75, 3.05) is 11.4 Å². The summed E-state index contributed by atoms with van der Waals surface area (Å²) in [6.45, 7) is 3.20. The van der Waals surface area contributed by atoms with Gasteiger partial charge in [0.15, 0.2) is 5.69 Å². The molecule has 2 N–H and O–H groups in total. The highest BCUT2D eigenvalue weighted by molar-refractivity contribution is 6.07. The van der Waals surface area contributed by atoms with Crippen LogP contribution in [0.2, 0.25) is 0 Å². The first-order valence-corrected chi connectivity index (χ1v) is 13.9. The Morgan fingerprint density at radius 3 is 2.33 bits per heavy atom. The molecule has 230 valence electrons. The van der Waals surface area contributed by atoms with Crippen molar-refractivity contribution in [3.8, 4) is 11.8 Å². The zero-order valence-electron chi connectivity index (χ0n) is 24.0. The lowest BCUT2D eigenvalue weighted by Crippen LogP contribution is -2.55. The molecule has 1 aliphatic heterocycles. The Morgan fingerprint density at radius 2 is 1.71 bits per heavy atom. The first-order valence-electron chi connectivity index (χ1n) is 13.9. The molecule has 4 aromatic rings. The maximum Gasteiger partial charge on any atom is 0.416 e. The normalized spacial score (nSPS) is 16.8. The monoisotopic (exact) mass is 618 g/mol. The Hall–Kier alpha value is -5.51. The summed E-state index contributed by atoms with van der Waals surface area (Å²) in [7, 11) is 0. The first-order chi connectivity index (χ1) is 21.4. The van der Waals surface area contributed by atoms with E-state index in [0.29, 0.717) is 17.3 Å². The number of aromatic nitrogens is 2. The smallest absolute Gasteiger partial charge is 0.339 e. The van der Waals surface area contributed by atoms with Crippen LogP contribution in [0.1, 0.15) is 57.3 Å². The van der Waals surface area contributed by atoms with E-state index in [1.54, 1.807) is 37.3 Å². The fourth-order valence-corrected chi connectivity index (χ4v) is 5.30. The van der Waals surface area contributed by atoms with Gasteiger partial charge in [-0.3, -0.25) is 19.3 Å². The molecule has 0 aliphatic carbocycles. The van der Waals surface area contributed by atoms with Gasteiger partial charge in [0.2, 0.25) is 0 Å². The highest BCUT2D eigenvalue weighted by Gasteiger charge is 2.47. The van der Waals surface area contributed by atoms with Crippen molar-refractivity contribution in [2.24, 2.45) is 0 Å². The number of anilines is 1. The Morgan fingerprint density at radius 1 is 1.02 bits per heavy atom. The molecule has 0 fully saturated rings. The number of benzene rings is 3. The molecule has 0 spiro atoms. The van der Waals surface area contributed by atoms with E-state index < -0.39 is 53.3 Å². The standard InChI is InChI=1S/C32H26F4N6O3/c1-3-41-30-25(26(29(44)38-18(2)17-37)40-42(30)23-10-5-4-6-11-23)24(19-12-14-22(33)15-13-19)27(31(41)45)39-28(43)20-8-7-9-21(16-20)32(34,35)36/h4-16,18,24,27H,3H2,1-2H3,(H,38,44)(H,39,43)/t18-,24+,27+/m0/s1. The van der Waals surface area contributed by atoms with Crippen molar-refractivity contribution in [2.45, 2.75) is 38.0 Å². The lowest BCUT2D eigenvalue weighted by molar-refractivity contribution is -0.137. The number of nitrogens with zero attached hydrogens (tertiary/aromatic N) is 4. The molecule has 0 saturated carbocycles. The molecule has 0 saturated heterocycles. The predicted molar refractivity (Wildman–Crippen MR) is 155 cm³/mol. The lowest BCUT2D eigenvalue weighted by Gasteiger charge is -2.38. The van der Waals surface area contributed by atoms with Crippen molar-refractivity contribution < 1.29 is 31.9 Å². The van der Waals surface area contributed by atoms with Crippen LogP contribution in [0.3, 0.4) is 0 Å².